The van der Waals surface area contributed by atoms with E-state index in [4.69, 9.17) is 4.74 Å². The minimum absolute atomic E-state index is 0.0230. The van der Waals surface area contributed by atoms with E-state index in [2.05, 4.69) is 27.4 Å². The number of hydrogen-bond acceptors (Lipinski definition) is 6. The van der Waals surface area contributed by atoms with Gasteiger partial charge in [0.2, 0.25) is 0 Å². The highest BCUT2D eigenvalue weighted by molar-refractivity contribution is 6.01. The third-order valence-corrected chi connectivity index (χ3v) is 7.57. The van der Waals surface area contributed by atoms with Gasteiger partial charge in [-0.1, -0.05) is 32.3 Å². The van der Waals surface area contributed by atoms with Crippen LogP contribution in [0.15, 0.2) is 42.7 Å². The number of aliphatic hydroxyl groups is 1. The first-order valence-corrected chi connectivity index (χ1v) is 13.7. The Morgan fingerprint density at radius 1 is 1.21 bits per heavy atom. The van der Waals surface area contributed by atoms with Crippen molar-refractivity contribution in [1.29, 1.82) is 0 Å². The van der Waals surface area contributed by atoms with Crippen LogP contribution in [-0.4, -0.2) is 76.8 Å². The number of aliphatic hydroxyl groups excluding tert-OH is 1. The quantitative estimate of drug-likeness (QED) is 0.485. The highest BCUT2D eigenvalue weighted by Gasteiger charge is 2.34. The zero-order valence-corrected chi connectivity index (χ0v) is 22.7. The summed E-state index contributed by atoms with van der Waals surface area (Å²) in [5, 5.41) is 15.9. The van der Waals surface area contributed by atoms with E-state index in [-0.39, 0.29) is 42.7 Å². The van der Waals surface area contributed by atoms with Gasteiger partial charge in [0.15, 0.2) is 5.75 Å². The molecule has 1 fully saturated rings. The fourth-order valence-corrected chi connectivity index (χ4v) is 5.32. The number of nitrogens with one attached hydrogen (secondary N) is 2. The molecular formula is C29H41N5O4. The van der Waals surface area contributed by atoms with Crippen LogP contribution in [0.4, 0.5) is 10.5 Å². The highest BCUT2D eigenvalue weighted by Crippen LogP contribution is 2.35. The Bertz CT molecular complexity index is 1080. The molecule has 2 heterocycles. The summed E-state index contributed by atoms with van der Waals surface area (Å²) < 4.78 is 6.61. The number of likely N-dealkylation sites (N-methyl/N-ethyl adjacent to an activating group) is 1. The number of ether oxygens (including phenoxy) is 1. The number of benzene rings is 1. The summed E-state index contributed by atoms with van der Waals surface area (Å²) >= 11 is 0. The predicted octanol–water partition coefficient (Wildman–Crippen LogP) is 3.89. The minimum atomic E-state index is -0.350. The standard InChI is InChI=1S/C29H41N5O4/c1-20-16-34(21(2)19-35)28(36)24-10-7-11-25(32-29(37)31-23-8-5-4-6-9-23)27(24)38-26(20)18-33(3)17-22-12-14-30-15-13-22/h7,10-15,20-21,23,26,35H,4-6,8-9,16-19H2,1-3H3,(H2,31,32,37)/t20-,21+,26-/m0/s1. The first kappa shape index (κ1) is 27.9. The molecule has 1 saturated carbocycles. The lowest BCUT2D eigenvalue weighted by Crippen LogP contribution is -2.50. The molecule has 0 bridgehead atoms. The maximum Gasteiger partial charge on any atom is 0.319 e. The van der Waals surface area contributed by atoms with Gasteiger partial charge >= 0.3 is 6.03 Å². The Kier molecular flexibility index (Phi) is 9.58. The maximum atomic E-state index is 13.7. The summed E-state index contributed by atoms with van der Waals surface area (Å²) in [7, 11) is 2.04. The van der Waals surface area contributed by atoms with E-state index in [1.165, 1.54) is 6.42 Å². The van der Waals surface area contributed by atoms with Crippen LogP contribution < -0.4 is 15.4 Å². The number of nitrogens with zero attached hydrogens (tertiary/aromatic N) is 3. The number of hydrogen-bond donors (Lipinski definition) is 3. The van der Waals surface area contributed by atoms with Gasteiger partial charge in [0.25, 0.3) is 5.91 Å². The number of fused-ring (bicyclic) bond motifs is 1. The summed E-state index contributed by atoms with van der Waals surface area (Å²) in [5.74, 6) is 0.138. The van der Waals surface area contributed by atoms with Gasteiger partial charge in [-0.3, -0.25) is 14.7 Å². The number of anilines is 1. The largest absolute Gasteiger partial charge is 0.486 e. The van der Waals surface area contributed by atoms with Gasteiger partial charge in [0.1, 0.15) is 6.10 Å². The SMILES string of the molecule is C[C@H](CO)N1C[C@H](C)[C@H](CN(C)Cc2ccncc2)Oc2c(NC(=O)NC3CCCCC3)cccc2C1=O. The van der Waals surface area contributed by atoms with Crippen LogP contribution in [0.25, 0.3) is 0 Å². The molecule has 1 aliphatic carbocycles. The van der Waals surface area contributed by atoms with Gasteiger partial charge in [-0.25, -0.2) is 4.79 Å². The lowest BCUT2D eigenvalue weighted by atomic mass is 9.96. The summed E-state index contributed by atoms with van der Waals surface area (Å²) in [5.41, 5.74) is 2.00. The summed E-state index contributed by atoms with van der Waals surface area (Å²) in [6, 6.07) is 8.76. The maximum absolute atomic E-state index is 13.7. The van der Waals surface area contributed by atoms with Crippen LogP contribution in [0.5, 0.6) is 5.75 Å². The second-order valence-corrected chi connectivity index (χ2v) is 10.8. The first-order valence-electron chi connectivity index (χ1n) is 13.7. The summed E-state index contributed by atoms with van der Waals surface area (Å²) in [6.45, 7) is 5.56. The molecule has 9 heteroatoms. The van der Waals surface area contributed by atoms with Crippen LogP contribution in [0.2, 0.25) is 0 Å². The zero-order chi connectivity index (χ0) is 27.1. The molecule has 1 aromatic carbocycles. The zero-order valence-electron chi connectivity index (χ0n) is 22.7. The van der Waals surface area contributed by atoms with E-state index in [0.29, 0.717) is 30.1 Å². The predicted molar refractivity (Wildman–Crippen MR) is 147 cm³/mol. The molecule has 2 aromatic rings. The molecule has 3 N–H and O–H groups in total. The number of amides is 3. The van der Waals surface area contributed by atoms with Crippen molar-refractivity contribution in [1.82, 2.24) is 20.1 Å². The first-order chi connectivity index (χ1) is 18.4. The fourth-order valence-electron chi connectivity index (χ4n) is 5.32. The topological polar surface area (TPSA) is 107 Å². The van der Waals surface area contributed by atoms with Crippen molar-refractivity contribution >= 4 is 17.6 Å². The van der Waals surface area contributed by atoms with E-state index in [0.717, 1.165) is 37.8 Å². The van der Waals surface area contributed by atoms with E-state index in [1.54, 1.807) is 35.5 Å². The minimum Gasteiger partial charge on any atom is -0.486 e. The Hall–Kier alpha value is -3.17. The highest BCUT2D eigenvalue weighted by atomic mass is 16.5. The molecule has 0 radical (unpaired) electrons. The monoisotopic (exact) mass is 523 g/mol. The molecule has 0 saturated heterocycles. The Balaban J connectivity index is 1.60. The lowest BCUT2D eigenvalue weighted by molar-refractivity contribution is 0.0343. The number of para-hydroxylation sites is 1. The van der Waals surface area contributed by atoms with Crippen LogP contribution in [-0.2, 0) is 6.54 Å². The van der Waals surface area contributed by atoms with E-state index < -0.39 is 0 Å². The number of aromatic nitrogens is 1. The van der Waals surface area contributed by atoms with Crippen LogP contribution in [0.3, 0.4) is 0 Å². The molecule has 4 rings (SSSR count). The molecule has 9 nitrogen and oxygen atoms in total. The number of carbonyl (C=O) groups is 2. The molecule has 2 aliphatic rings. The van der Waals surface area contributed by atoms with Crippen molar-refractivity contribution in [3.05, 3.63) is 53.9 Å². The molecule has 38 heavy (non-hydrogen) atoms. The Morgan fingerprint density at radius 2 is 1.95 bits per heavy atom. The van der Waals surface area contributed by atoms with Crippen molar-refractivity contribution in [3.8, 4) is 5.75 Å². The average Bonchev–Trinajstić information content (AvgIpc) is 2.91. The molecule has 1 aromatic heterocycles. The molecule has 3 amide bonds. The lowest BCUT2D eigenvalue weighted by Gasteiger charge is -2.38. The van der Waals surface area contributed by atoms with Gasteiger partial charge in [-0.05, 0) is 56.6 Å². The van der Waals surface area contributed by atoms with Crippen LogP contribution in [0.1, 0.15) is 61.9 Å². The van der Waals surface area contributed by atoms with Crippen molar-refractivity contribution in [2.24, 2.45) is 5.92 Å². The number of rotatable bonds is 8. The van der Waals surface area contributed by atoms with E-state index >= 15 is 0 Å². The van der Waals surface area contributed by atoms with Gasteiger partial charge in [0, 0.05) is 44.0 Å². The van der Waals surface area contributed by atoms with Gasteiger partial charge in [-0.2, -0.15) is 0 Å². The third-order valence-electron chi connectivity index (χ3n) is 7.57. The second-order valence-electron chi connectivity index (χ2n) is 10.8. The average molecular weight is 524 g/mol. The van der Waals surface area contributed by atoms with Crippen molar-refractivity contribution in [2.75, 3.05) is 32.1 Å². The van der Waals surface area contributed by atoms with E-state index in [9.17, 15) is 14.7 Å². The van der Waals surface area contributed by atoms with Crippen molar-refractivity contribution < 1.29 is 19.4 Å². The number of urea groups is 1. The van der Waals surface area contributed by atoms with Gasteiger partial charge in [0.05, 0.1) is 23.9 Å². The number of pyridine rings is 1. The molecular weight excluding hydrogens is 482 g/mol. The normalized spacial score (nSPS) is 21.2. The molecule has 0 unspecified atom stereocenters. The van der Waals surface area contributed by atoms with Crippen molar-refractivity contribution in [3.63, 3.8) is 0 Å². The second kappa shape index (κ2) is 13.1. The molecule has 206 valence electrons. The van der Waals surface area contributed by atoms with E-state index in [1.807, 2.05) is 26.1 Å². The fraction of sp³-hybridized carbons (Fsp3) is 0.552. The summed E-state index contributed by atoms with van der Waals surface area (Å²) in [6.07, 6.45) is 8.71. The van der Waals surface area contributed by atoms with Gasteiger partial charge in [-0.15, -0.1) is 0 Å². The molecule has 1 aliphatic heterocycles. The Labute approximate surface area is 225 Å². The van der Waals surface area contributed by atoms with Gasteiger partial charge < -0.3 is 25.4 Å². The van der Waals surface area contributed by atoms with Crippen molar-refractivity contribution in [2.45, 2.75) is 70.7 Å². The molecule has 3 atom stereocenters. The summed E-state index contributed by atoms with van der Waals surface area (Å²) in [4.78, 5) is 34.6. The van der Waals surface area contributed by atoms with Crippen LogP contribution in [0, 0.1) is 5.92 Å². The third kappa shape index (κ3) is 7.02. The smallest absolute Gasteiger partial charge is 0.319 e. The Morgan fingerprint density at radius 3 is 2.66 bits per heavy atom. The number of carbonyl (C=O) groups excluding carboxylic acids is 2. The molecule has 0 spiro atoms. The van der Waals surface area contributed by atoms with Crippen LogP contribution >= 0.6 is 0 Å².